The molecule has 126 valence electrons. The number of benzene rings is 1. The zero-order valence-corrected chi connectivity index (χ0v) is 15.1. The van der Waals surface area contributed by atoms with Crippen molar-refractivity contribution in [1.29, 1.82) is 0 Å². The number of amides is 1. The molecule has 0 saturated heterocycles. The normalized spacial score (nSPS) is 29.8. The van der Waals surface area contributed by atoms with Crippen LogP contribution < -0.4 is 0 Å². The molecule has 3 nitrogen and oxygen atoms in total. The molecule has 23 heavy (non-hydrogen) atoms. The van der Waals surface area contributed by atoms with Gasteiger partial charge in [0.1, 0.15) is 0 Å². The van der Waals surface area contributed by atoms with Crippen molar-refractivity contribution < 1.29 is 4.79 Å². The molecule has 0 bridgehead atoms. The third-order valence-corrected chi connectivity index (χ3v) is 6.31. The molecule has 0 spiro atoms. The van der Waals surface area contributed by atoms with E-state index in [1.807, 2.05) is 36.2 Å². The Kier molecular flexibility index (Phi) is 4.98. The summed E-state index contributed by atoms with van der Waals surface area (Å²) in [6.45, 7) is 0. The molecular weight excluding hydrogens is 308 g/mol. The molecular formula is C19H27ClN2O. The zero-order valence-electron chi connectivity index (χ0n) is 14.3. The van der Waals surface area contributed by atoms with Gasteiger partial charge >= 0.3 is 0 Å². The second kappa shape index (κ2) is 6.82. The predicted molar refractivity (Wildman–Crippen MR) is 94.6 cm³/mol. The number of likely N-dealkylation sites (N-methyl/N-ethyl adjacent to an activating group) is 1. The van der Waals surface area contributed by atoms with Crippen molar-refractivity contribution in [2.45, 2.75) is 44.2 Å². The third-order valence-electron chi connectivity index (χ3n) is 5.94. The number of rotatable bonds is 4. The fourth-order valence-electron chi connectivity index (χ4n) is 4.42. The van der Waals surface area contributed by atoms with Gasteiger partial charge in [0.15, 0.2) is 0 Å². The summed E-state index contributed by atoms with van der Waals surface area (Å²) in [7, 11) is 6.33. The van der Waals surface area contributed by atoms with Crippen LogP contribution in [-0.2, 0) is 11.2 Å². The fraction of sp³-hybridized carbons (Fsp3) is 0.632. The van der Waals surface area contributed by atoms with Crippen LogP contribution in [0.5, 0.6) is 0 Å². The summed E-state index contributed by atoms with van der Waals surface area (Å²) < 4.78 is 0. The molecule has 1 aromatic rings. The first kappa shape index (κ1) is 16.8. The maximum atomic E-state index is 12.6. The van der Waals surface area contributed by atoms with E-state index < -0.39 is 0 Å². The summed E-state index contributed by atoms with van der Waals surface area (Å²) in [5.41, 5.74) is 0.928. The number of halogens is 1. The van der Waals surface area contributed by atoms with E-state index in [-0.39, 0.29) is 5.91 Å². The first-order valence-corrected chi connectivity index (χ1v) is 8.99. The van der Waals surface area contributed by atoms with Crippen molar-refractivity contribution in [3.63, 3.8) is 0 Å². The van der Waals surface area contributed by atoms with Gasteiger partial charge in [-0.3, -0.25) is 4.79 Å². The number of carbonyl (C=O) groups excluding carboxylic acids is 1. The molecule has 0 aromatic heterocycles. The minimum absolute atomic E-state index is 0.187. The molecule has 2 fully saturated rings. The second-order valence-corrected chi connectivity index (χ2v) is 7.91. The zero-order chi connectivity index (χ0) is 16.6. The van der Waals surface area contributed by atoms with E-state index in [9.17, 15) is 4.79 Å². The first-order chi connectivity index (χ1) is 11.0. The number of fused-ring (bicyclic) bond motifs is 1. The van der Waals surface area contributed by atoms with Crippen LogP contribution >= 0.6 is 11.6 Å². The van der Waals surface area contributed by atoms with Gasteiger partial charge in [0, 0.05) is 24.2 Å². The van der Waals surface area contributed by atoms with Gasteiger partial charge in [0.25, 0.3) is 0 Å². The van der Waals surface area contributed by atoms with Crippen molar-refractivity contribution >= 4 is 17.5 Å². The Bertz CT molecular complexity index is 560. The van der Waals surface area contributed by atoms with Crippen LogP contribution in [0.15, 0.2) is 24.3 Å². The largest absolute Gasteiger partial charge is 0.342 e. The van der Waals surface area contributed by atoms with Crippen molar-refractivity contribution in [3.05, 3.63) is 34.9 Å². The topological polar surface area (TPSA) is 23.6 Å². The summed E-state index contributed by atoms with van der Waals surface area (Å²) >= 11 is 6.18. The van der Waals surface area contributed by atoms with E-state index in [0.717, 1.165) is 23.4 Å². The Morgan fingerprint density at radius 2 is 1.61 bits per heavy atom. The average Bonchev–Trinajstić information content (AvgIpc) is 3.07. The van der Waals surface area contributed by atoms with E-state index >= 15 is 0 Å². The van der Waals surface area contributed by atoms with Crippen LogP contribution in [0.2, 0.25) is 5.02 Å². The molecule has 0 heterocycles. The predicted octanol–water partition coefficient (Wildman–Crippen LogP) is 3.46. The third kappa shape index (κ3) is 3.56. The van der Waals surface area contributed by atoms with E-state index in [0.29, 0.717) is 17.5 Å². The maximum absolute atomic E-state index is 12.6. The lowest BCUT2D eigenvalue weighted by Crippen LogP contribution is -2.37. The highest BCUT2D eigenvalue weighted by Crippen LogP contribution is 2.46. The van der Waals surface area contributed by atoms with Crippen molar-refractivity contribution in [1.82, 2.24) is 9.80 Å². The Morgan fingerprint density at radius 1 is 1.04 bits per heavy atom. The average molecular weight is 335 g/mol. The summed E-state index contributed by atoms with van der Waals surface area (Å²) in [5, 5.41) is 0.686. The SMILES string of the molecule is CN(C)C1C[C@@H]2CC(N(C)C(=O)Cc3ccccc3Cl)C[C@@H]2C1. The quantitative estimate of drug-likeness (QED) is 0.842. The molecule has 1 aromatic carbocycles. The van der Waals surface area contributed by atoms with Gasteiger partial charge in [-0.25, -0.2) is 0 Å². The molecule has 2 unspecified atom stereocenters. The van der Waals surface area contributed by atoms with Crippen LogP contribution in [0, 0.1) is 11.8 Å². The van der Waals surface area contributed by atoms with E-state index in [2.05, 4.69) is 19.0 Å². The maximum Gasteiger partial charge on any atom is 0.227 e. The van der Waals surface area contributed by atoms with Gasteiger partial charge in [-0.1, -0.05) is 29.8 Å². The summed E-state index contributed by atoms with van der Waals surface area (Å²) in [6, 6.07) is 8.78. The van der Waals surface area contributed by atoms with Gasteiger partial charge in [-0.15, -0.1) is 0 Å². The number of hydrogen-bond donors (Lipinski definition) is 0. The van der Waals surface area contributed by atoms with Gasteiger partial charge in [-0.2, -0.15) is 0 Å². The molecule has 4 atom stereocenters. The van der Waals surface area contributed by atoms with Crippen LogP contribution in [0.25, 0.3) is 0 Å². The van der Waals surface area contributed by atoms with Crippen molar-refractivity contribution in [2.24, 2.45) is 11.8 Å². The molecule has 0 aliphatic heterocycles. The standard InChI is InChI=1S/C19H27ClN2O/c1-21(2)16-8-14-10-17(11-15(14)9-16)22(3)19(23)12-13-6-4-5-7-18(13)20/h4-7,14-17H,8-12H2,1-3H3/t14-,15+,16?,17?. The summed E-state index contributed by atoms with van der Waals surface area (Å²) in [4.78, 5) is 16.9. The molecule has 2 saturated carbocycles. The highest BCUT2D eigenvalue weighted by Gasteiger charge is 2.43. The van der Waals surface area contributed by atoms with Gasteiger partial charge in [0.2, 0.25) is 5.91 Å². The van der Waals surface area contributed by atoms with E-state index in [1.165, 1.54) is 25.7 Å². The van der Waals surface area contributed by atoms with E-state index in [4.69, 9.17) is 11.6 Å². The summed E-state index contributed by atoms with van der Waals surface area (Å²) in [5.74, 6) is 1.78. The lowest BCUT2D eigenvalue weighted by Gasteiger charge is -2.27. The Balaban J connectivity index is 1.57. The highest BCUT2D eigenvalue weighted by molar-refractivity contribution is 6.31. The summed E-state index contributed by atoms with van der Waals surface area (Å²) in [6.07, 6.45) is 5.32. The van der Waals surface area contributed by atoms with Crippen LogP contribution in [0.4, 0.5) is 0 Å². The molecule has 0 N–H and O–H groups in total. The molecule has 0 radical (unpaired) electrons. The van der Waals surface area contributed by atoms with Crippen molar-refractivity contribution in [3.8, 4) is 0 Å². The fourth-order valence-corrected chi connectivity index (χ4v) is 4.63. The lowest BCUT2D eigenvalue weighted by atomic mass is 10.0. The molecule has 2 aliphatic carbocycles. The first-order valence-electron chi connectivity index (χ1n) is 8.61. The minimum atomic E-state index is 0.187. The van der Waals surface area contributed by atoms with Crippen molar-refractivity contribution in [2.75, 3.05) is 21.1 Å². The Labute approximate surface area is 144 Å². The molecule has 3 rings (SSSR count). The molecule has 1 amide bonds. The monoisotopic (exact) mass is 334 g/mol. The molecule has 4 heteroatoms. The van der Waals surface area contributed by atoms with Gasteiger partial charge in [0.05, 0.1) is 6.42 Å². The Morgan fingerprint density at radius 3 is 2.17 bits per heavy atom. The molecule has 2 aliphatic rings. The van der Waals surface area contributed by atoms with Gasteiger partial charge in [-0.05, 0) is 63.2 Å². The number of nitrogens with zero attached hydrogens (tertiary/aromatic N) is 2. The van der Waals surface area contributed by atoms with Gasteiger partial charge < -0.3 is 9.80 Å². The number of hydrogen-bond acceptors (Lipinski definition) is 2. The van der Waals surface area contributed by atoms with E-state index in [1.54, 1.807) is 0 Å². The minimum Gasteiger partial charge on any atom is -0.342 e. The smallest absolute Gasteiger partial charge is 0.227 e. The lowest BCUT2D eigenvalue weighted by molar-refractivity contribution is -0.131. The van der Waals surface area contributed by atoms with Crippen LogP contribution in [0.1, 0.15) is 31.2 Å². The van der Waals surface area contributed by atoms with Crippen LogP contribution in [0.3, 0.4) is 0 Å². The van der Waals surface area contributed by atoms with Crippen LogP contribution in [-0.4, -0.2) is 48.9 Å². The Hall–Kier alpha value is -1.06. The number of carbonyl (C=O) groups is 1. The highest BCUT2D eigenvalue weighted by atomic mass is 35.5. The second-order valence-electron chi connectivity index (χ2n) is 7.51.